The third kappa shape index (κ3) is 12.4. The molecular formula is C29H47N5O5. The molecular weight excluding hydrogens is 498 g/mol. The Morgan fingerprint density at radius 2 is 1.79 bits per heavy atom. The van der Waals surface area contributed by atoms with Crippen molar-refractivity contribution in [2.45, 2.75) is 58.5 Å². The molecule has 2 aromatic rings. The van der Waals surface area contributed by atoms with Gasteiger partial charge < -0.3 is 25.1 Å². The molecule has 4 N–H and O–H groups in total. The van der Waals surface area contributed by atoms with Gasteiger partial charge in [-0.15, -0.1) is 0 Å². The van der Waals surface area contributed by atoms with E-state index in [4.69, 9.17) is 15.2 Å². The number of nitrogens with zero attached hydrogens (tertiary/aromatic N) is 2. The van der Waals surface area contributed by atoms with E-state index in [-0.39, 0.29) is 29.8 Å². The number of Topliss-reactive ketones (excluding diaryl/α,β-unsaturated/α-hetero) is 2. The van der Waals surface area contributed by atoms with E-state index >= 15 is 0 Å². The molecule has 0 saturated carbocycles. The SMILES string of the molecule is CNN(C)Cc1cc2ccccc2n1CCC(=O)CC(CCCCN)C(=O)NCCOCCOCCC(C)=O. The fourth-order valence-corrected chi connectivity index (χ4v) is 4.39. The first-order valence-corrected chi connectivity index (χ1v) is 14.0. The molecule has 0 spiro atoms. The maximum absolute atomic E-state index is 13.1. The molecule has 1 unspecified atom stereocenters. The Morgan fingerprint density at radius 1 is 1.05 bits per heavy atom. The van der Waals surface area contributed by atoms with Crippen LogP contribution in [0, 0.1) is 5.92 Å². The Kier molecular flexibility index (Phi) is 15.6. The minimum Gasteiger partial charge on any atom is -0.379 e. The number of ether oxygens (including phenoxy) is 2. The maximum Gasteiger partial charge on any atom is 0.223 e. The Bertz CT molecular complexity index is 1020. The molecule has 0 aliphatic heterocycles. The predicted octanol–water partition coefficient (Wildman–Crippen LogP) is 2.43. The molecule has 0 bridgehead atoms. The second-order valence-corrected chi connectivity index (χ2v) is 9.87. The Hall–Kier alpha value is -2.63. The van der Waals surface area contributed by atoms with Gasteiger partial charge >= 0.3 is 0 Å². The van der Waals surface area contributed by atoms with E-state index < -0.39 is 0 Å². The molecule has 0 radical (unpaired) electrons. The lowest BCUT2D eigenvalue weighted by molar-refractivity contribution is -0.130. The first-order valence-electron chi connectivity index (χ1n) is 14.0. The van der Waals surface area contributed by atoms with Crippen molar-refractivity contribution in [2.24, 2.45) is 11.7 Å². The Labute approximate surface area is 232 Å². The topological polar surface area (TPSA) is 128 Å². The van der Waals surface area contributed by atoms with E-state index in [1.54, 1.807) is 0 Å². The van der Waals surface area contributed by atoms with Gasteiger partial charge in [0.25, 0.3) is 0 Å². The molecule has 1 atom stereocenters. The van der Waals surface area contributed by atoms with Crippen LogP contribution < -0.4 is 16.5 Å². The normalized spacial score (nSPS) is 12.2. The monoisotopic (exact) mass is 545 g/mol. The van der Waals surface area contributed by atoms with Gasteiger partial charge in [-0.05, 0) is 50.9 Å². The number of unbranched alkanes of at least 4 members (excludes halogenated alkanes) is 1. The summed E-state index contributed by atoms with van der Waals surface area (Å²) < 4.78 is 13.0. The van der Waals surface area contributed by atoms with Crippen LogP contribution in [-0.2, 0) is 36.9 Å². The van der Waals surface area contributed by atoms with Crippen LogP contribution in [0.5, 0.6) is 0 Å². The summed E-state index contributed by atoms with van der Waals surface area (Å²) >= 11 is 0. The number of benzene rings is 1. The number of ketones is 2. The Balaban J connectivity index is 1.85. The number of para-hydroxylation sites is 1. The predicted molar refractivity (Wildman–Crippen MR) is 153 cm³/mol. The highest BCUT2D eigenvalue weighted by Crippen LogP contribution is 2.22. The number of amides is 1. The molecule has 1 aromatic heterocycles. The number of hydrogen-bond donors (Lipinski definition) is 3. The minimum atomic E-state index is -0.379. The van der Waals surface area contributed by atoms with Crippen LogP contribution in [0.3, 0.4) is 0 Å². The van der Waals surface area contributed by atoms with E-state index in [1.807, 2.05) is 31.2 Å². The number of carbonyl (C=O) groups is 3. The van der Waals surface area contributed by atoms with Gasteiger partial charge in [0.05, 0.1) is 33.0 Å². The average molecular weight is 546 g/mol. The second-order valence-electron chi connectivity index (χ2n) is 9.87. The van der Waals surface area contributed by atoms with Crippen LogP contribution in [-0.4, -0.2) is 80.7 Å². The van der Waals surface area contributed by atoms with Crippen molar-refractivity contribution in [3.63, 3.8) is 0 Å². The first-order chi connectivity index (χ1) is 18.8. The average Bonchev–Trinajstić information content (AvgIpc) is 3.26. The van der Waals surface area contributed by atoms with Gasteiger partial charge in [0.2, 0.25) is 5.91 Å². The summed E-state index contributed by atoms with van der Waals surface area (Å²) in [4.78, 5) is 36.9. The number of rotatable bonds is 22. The van der Waals surface area contributed by atoms with Crippen LogP contribution in [0.15, 0.2) is 30.3 Å². The van der Waals surface area contributed by atoms with E-state index in [0.29, 0.717) is 71.9 Å². The van der Waals surface area contributed by atoms with Crippen molar-refractivity contribution in [1.82, 2.24) is 20.3 Å². The molecule has 39 heavy (non-hydrogen) atoms. The summed E-state index contributed by atoms with van der Waals surface area (Å²) in [5.41, 5.74) is 11.0. The van der Waals surface area contributed by atoms with Gasteiger partial charge in [-0.1, -0.05) is 24.6 Å². The summed E-state index contributed by atoms with van der Waals surface area (Å²) in [7, 11) is 3.86. The largest absolute Gasteiger partial charge is 0.379 e. The quantitative estimate of drug-likeness (QED) is 0.152. The molecule has 10 heteroatoms. The number of aromatic nitrogens is 1. The lowest BCUT2D eigenvalue weighted by Crippen LogP contribution is -2.34. The molecule has 0 fully saturated rings. The third-order valence-corrected chi connectivity index (χ3v) is 6.66. The van der Waals surface area contributed by atoms with Crippen LogP contribution in [0.1, 0.15) is 51.1 Å². The first kappa shape index (κ1) is 32.6. The van der Waals surface area contributed by atoms with Crippen LogP contribution >= 0.6 is 0 Å². The fourth-order valence-electron chi connectivity index (χ4n) is 4.39. The fraction of sp³-hybridized carbons (Fsp3) is 0.621. The molecule has 1 heterocycles. The Morgan fingerprint density at radius 3 is 2.51 bits per heavy atom. The molecule has 0 saturated heterocycles. The van der Waals surface area contributed by atoms with E-state index in [2.05, 4.69) is 33.5 Å². The number of carbonyl (C=O) groups excluding carboxylic acids is 3. The minimum absolute atomic E-state index is 0.0764. The molecule has 0 aliphatic carbocycles. The van der Waals surface area contributed by atoms with Gasteiger partial charge in [-0.3, -0.25) is 19.8 Å². The van der Waals surface area contributed by atoms with Gasteiger partial charge in [0.1, 0.15) is 11.6 Å². The summed E-state index contributed by atoms with van der Waals surface area (Å²) in [6.45, 7) is 5.28. The van der Waals surface area contributed by atoms with Crippen LogP contribution in [0.4, 0.5) is 0 Å². The van der Waals surface area contributed by atoms with Crippen molar-refractivity contribution in [2.75, 3.05) is 53.6 Å². The van der Waals surface area contributed by atoms with Crippen molar-refractivity contribution < 1.29 is 23.9 Å². The molecule has 1 amide bonds. The molecule has 0 aliphatic rings. The van der Waals surface area contributed by atoms with Crippen molar-refractivity contribution >= 4 is 28.4 Å². The smallest absolute Gasteiger partial charge is 0.223 e. The highest BCUT2D eigenvalue weighted by Gasteiger charge is 2.22. The molecule has 2 rings (SSSR count). The summed E-state index contributed by atoms with van der Waals surface area (Å²) in [6, 6.07) is 10.3. The molecule has 10 nitrogen and oxygen atoms in total. The number of nitrogens with two attached hydrogens (primary N) is 1. The van der Waals surface area contributed by atoms with E-state index in [1.165, 1.54) is 6.92 Å². The van der Waals surface area contributed by atoms with Crippen LogP contribution in [0.2, 0.25) is 0 Å². The number of fused-ring (bicyclic) bond motifs is 1. The van der Waals surface area contributed by atoms with Gasteiger partial charge in [0, 0.05) is 56.5 Å². The van der Waals surface area contributed by atoms with Gasteiger partial charge in [0.15, 0.2) is 0 Å². The van der Waals surface area contributed by atoms with Crippen molar-refractivity contribution in [1.29, 1.82) is 0 Å². The highest BCUT2D eigenvalue weighted by atomic mass is 16.5. The maximum atomic E-state index is 13.1. The van der Waals surface area contributed by atoms with Crippen LogP contribution in [0.25, 0.3) is 10.9 Å². The van der Waals surface area contributed by atoms with Crippen molar-refractivity contribution in [3.05, 3.63) is 36.0 Å². The lowest BCUT2D eigenvalue weighted by Gasteiger charge is -2.18. The van der Waals surface area contributed by atoms with E-state index in [0.717, 1.165) is 29.4 Å². The number of aryl methyl sites for hydroxylation is 1. The van der Waals surface area contributed by atoms with E-state index in [9.17, 15) is 14.4 Å². The standard InChI is InChI=1S/C29H47N5O5/c1-23(35)12-16-38-18-19-39-17-14-32-29(37)25(9-6-7-13-30)21-27(36)11-15-34-26(22-33(3)31-2)20-24-8-4-5-10-28(24)34/h4-5,8,10,20,25,31H,6-7,9,11-19,21-22,30H2,1-3H3,(H,32,37). The number of nitrogens with one attached hydrogen (secondary N) is 2. The number of hydrogen-bond acceptors (Lipinski definition) is 8. The van der Waals surface area contributed by atoms with Gasteiger partial charge in [-0.25, -0.2) is 5.01 Å². The summed E-state index contributed by atoms with van der Waals surface area (Å²) in [5, 5.41) is 6.05. The number of hydrazine groups is 1. The summed E-state index contributed by atoms with van der Waals surface area (Å²) in [6.07, 6.45) is 3.23. The zero-order chi connectivity index (χ0) is 28.5. The summed E-state index contributed by atoms with van der Waals surface area (Å²) in [5.74, 6) is -0.328. The zero-order valence-electron chi connectivity index (χ0n) is 23.9. The van der Waals surface area contributed by atoms with Gasteiger partial charge in [-0.2, -0.15) is 0 Å². The third-order valence-electron chi connectivity index (χ3n) is 6.66. The zero-order valence-corrected chi connectivity index (χ0v) is 23.9. The molecule has 1 aromatic carbocycles. The lowest BCUT2D eigenvalue weighted by atomic mass is 9.94. The van der Waals surface area contributed by atoms with Crippen molar-refractivity contribution in [3.8, 4) is 0 Å². The molecule has 218 valence electrons. The highest BCUT2D eigenvalue weighted by molar-refractivity contribution is 5.87. The second kappa shape index (κ2) is 18.6.